The fourth-order valence-electron chi connectivity index (χ4n) is 2.53. The number of nitrogens with one attached hydrogen (secondary N) is 1. The summed E-state index contributed by atoms with van der Waals surface area (Å²) in [4.78, 5) is 12.0. The molecule has 0 aliphatic carbocycles. The van der Waals surface area contributed by atoms with Gasteiger partial charge < -0.3 is 5.32 Å². The zero-order chi connectivity index (χ0) is 13.0. The largest absolute Gasteiger partial charge is 0.316 e. The van der Waals surface area contributed by atoms with Gasteiger partial charge in [-0.3, -0.25) is 4.79 Å². The Balaban J connectivity index is 1.86. The Morgan fingerprint density at radius 1 is 1.33 bits per heavy atom. The molecule has 2 heteroatoms. The molecule has 0 spiro atoms. The summed E-state index contributed by atoms with van der Waals surface area (Å²) >= 11 is 0. The minimum Gasteiger partial charge on any atom is -0.316 e. The number of ketones is 1. The molecule has 1 aromatic rings. The topological polar surface area (TPSA) is 29.1 Å². The average molecular weight is 245 g/mol. The van der Waals surface area contributed by atoms with E-state index in [1.807, 2.05) is 0 Å². The Bertz CT molecular complexity index is 388. The molecule has 0 aromatic heterocycles. The van der Waals surface area contributed by atoms with Crippen LogP contribution in [0.25, 0.3) is 0 Å². The summed E-state index contributed by atoms with van der Waals surface area (Å²) in [5.74, 6) is 1.49. The lowest BCUT2D eigenvalue weighted by molar-refractivity contribution is -0.119. The second kappa shape index (κ2) is 6.14. The summed E-state index contributed by atoms with van der Waals surface area (Å²) in [6.45, 7) is 6.46. The van der Waals surface area contributed by atoms with Crippen molar-refractivity contribution in [3.63, 3.8) is 0 Å². The van der Waals surface area contributed by atoms with E-state index < -0.39 is 0 Å². The molecule has 1 saturated heterocycles. The van der Waals surface area contributed by atoms with Gasteiger partial charge in [0.05, 0.1) is 0 Å². The molecular weight excluding hydrogens is 222 g/mol. The first-order valence-electron chi connectivity index (χ1n) is 6.96. The van der Waals surface area contributed by atoms with Gasteiger partial charge in [-0.15, -0.1) is 0 Å². The molecule has 0 bridgehead atoms. The monoisotopic (exact) mass is 245 g/mol. The van der Waals surface area contributed by atoms with Crippen molar-refractivity contribution in [1.82, 2.24) is 5.32 Å². The molecule has 1 atom stereocenters. The highest BCUT2D eigenvalue weighted by atomic mass is 16.1. The van der Waals surface area contributed by atoms with Gasteiger partial charge in [0.15, 0.2) is 0 Å². The second-order valence-corrected chi connectivity index (χ2v) is 5.67. The fourth-order valence-corrected chi connectivity index (χ4v) is 2.53. The van der Waals surface area contributed by atoms with Crippen LogP contribution in [0.1, 0.15) is 43.7 Å². The van der Waals surface area contributed by atoms with Gasteiger partial charge in [0.2, 0.25) is 0 Å². The predicted molar refractivity (Wildman–Crippen MR) is 74.8 cm³/mol. The van der Waals surface area contributed by atoms with E-state index in [2.05, 4.69) is 43.4 Å². The van der Waals surface area contributed by atoms with Crippen molar-refractivity contribution in [2.75, 3.05) is 13.1 Å². The van der Waals surface area contributed by atoms with Gasteiger partial charge in [-0.25, -0.2) is 0 Å². The molecule has 0 radical (unpaired) electrons. The van der Waals surface area contributed by atoms with Crippen molar-refractivity contribution in [2.45, 2.75) is 39.0 Å². The van der Waals surface area contributed by atoms with Crippen LogP contribution in [0.5, 0.6) is 0 Å². The van der Waals surface area contributed by atoms with Crippen LogP contribution in [-0.2, 0) is 11.2 Å². The summed E-state index contributed by atoms with van der Waals surface area (Å²) in [6.07, 6.45) is 2.48. The number of rotatable bonds is 5. The molecular formula is C16H23NO. The standard InChI is InChI=1S/C16H23NO/c1-12(2)15-5-3-13(4-6-15)9-16(18)10-14-7-8-17-11-14/h3-6,12,14,17H,7-11H2,1-2H3. The van der Waals surface area contributed by atoms with Crippen molar-refractivity contribution < 1.29 is 4.79 Å². The van der Waals surface area contributed by atoms with Crippen molar-refractivity contribution in [3.05, 3.63) is 35.4 Å². The lowest BCUT2D eigenvalue weighted by atomic mass is 9.96. The van der Waals surface area contributed by atoms with Crippen LogP contribution >= 0.6 is 0 Å². The van der Waals surface area contributed by atoms with Crippen LogP contribution in [0, 0.1) is 5.92 Å². The molecule has 1 aliphatic heterocycles. The Labute approximate surface area is 110 Å². The minimum absolute atomic E-state index is 0.376. The third-order valence-corrected chi connectivity index (χ3v) is 3.73. The Morgan fingerprint density at radius 2 is 2.06 bits per heavy atom. The third kappa shape index (κ3) is 3.67. The maximum Gasteiger partial charge on any atom is 0.137 e. The molecule has 0 amide bonds. The average Bonchev–Trinajstić information content (AvgIpc) is 2.82. The normalized spacial score (nSPS) is 19.4. The summed E-state index contributed by atoms with van der Waals surface area (Å²) in [7, 11) is 0. The quantitative estimate of drug-likeness (QED) is 0.864. The van der Waals surface area contributed by atoms with Gasteiger partial charge in [-0.05, 0) is 42.5 Å². The van der Waals surface area contributed by atoms with E-state index in [-0.39, 0.29) is 0 Å². The number of Topliss-reactive ketones (excluding diaryl/α,β-unsaturated/α-hetero) is 1. The summed E-state index contributed by atoms with van der Waals surface area (Å²) < 4.78 is 0. The van der Waals surface area contributed by atoms with Crippen molar-refractivity contribution in [2.24, 2.45) is 5.92 Å². The molecule has 1 N–H and O–H groups in total. The maximum atomic E-state index is 12.0. The van der Waals surface area contributed by atoms with Gasteiger partial charge in [0, 0.05) is 12.8 Å². The predicted octanol–water partition coefficient (Wildman–Crippen LogP) is 2.92. The molecule has 1 heterocycles. The molecule has 2 nitrogen and oxygen atoms in total. The minimum atomic E-state index is 0.376. The number of carbonyl (C=O) groups is 1. The first kappa shape index (κ1) is 13.3. The number of carbonyl (C=O) groups excluding carboxylic acids is 1. The summed E-state index contributed by atoms with van der Waals surface area (Å²) in [5.41, 5.74) is 2.49. The first-order valence-corrected chi connectivity index (χ1v) is 6.96. The Morgan fingerprint density at radius 3 is 2.61 bits per heavy atom. The fraction of sp³-hybridized carbons (Fsp3) is 0.562. The molecule has 0 saturated carbocycles. The van der Waals surface area contributed by atoms with E-state index in [1.54, 1.807) is 0 Å². The molecule has 98 valence electrons. The molecule has 1 aromatic carbocycles. The Hall–Kier alpha value is -1.15. The smallest absolute Gasteiger partial charge is 0.137 e. The highest BCUT2D eigenvalue weighted by Gasteiger charge is 2.17. The number of benzene rings is 1. The van der Waals surface area contributed by atoms with Crippen molar-refractivity contribution in [3.8, 4) is 0 Å². The van der Waals surface area contributed by atoms with Crippen molar-refractivity contribution in [1.29, 1.82) is 0 Å². The maximum absolute atomic E-state index is 12.0. The highest BCUT2D eigenvalue weighted by molar-refractivity contribution is 5.81. The van der Waals surface area contributed by atoms with Crippen molar-refractivity contribution >= 4 is 5.78 Å². The summed E-state index contributed by atoms with van der Waals surface area (Å²) in [5, 5.41) is 3.31. The second-order valence-electron chi connectivity index (χ2n) is 5.67. The first-order chi connectivity index (χ1) is 8.65. The molecule has 1 fully saturated rings. The lowest BCUT2D eigenvalue weighted by Gasteiger charge is -2.08. The van der Waals surface area contributed by atoms with Crippen LogP contribution in [0.2, 0.25) is 0 Å². The van der Waals surface area contributed by atoms with Gasteiger partial charge >= 0.3 is 0 Å². The van der Waals surface area contributed by atoms with Crippen LogP contribution < -0.4 is 5.32 Å². The molecule has 2 rings (SSSR count). The van der Waals surface area contributed by atoms with E-state index in [1.165, 1.54) is 5.56 Å². The number of hydrogen-bond donors (Lipinski definition) is 1. The lowest BCUT2D eigenvalue weighted by Crippen LogP contribution is -2.14. The zero-order valence-corrected chi connectivity index (χ0v) is 11.4. The van der Waals surface area contributed by atoms with E-state index in [0.29, 0.717) is 24.0 Å². The van der Waals surface area contributed by atoms with Gasteiger partial charge in [-0.2, -0.15) is 0 Å². The van der Waals surface area contributed by atoms with E-state index in [9.17, 15) is 4.79 Å². The molecule has 1 aliphatic rings. The third-order valence-electron chi connectivity index (χ3n) is 3.73. The van der Waals surface area contributed by atoms with Gasteiger partial charge in [0.25, 0.3) is 0 Å². The summed E-state index contributed by atoms with van der Waals surface area (Å²) in [6, 6.07) is 8.48. The zero-order valence-electron chi connectivity index (χ0n) is 11.4. The Kier molecular flexibility index (Phi) is 4.54. The van der Waals surface area contributed by atoms with E-state index in [0.717, 1.165) is 31.5 Å². The van der Waals surface area contributed by atoms with Gasteiger partial charge in [-0.1, -0.05) is 38.1 Å². The van der Waals surface area contributed by atoms with Gasteiger partial charge in [0.1, 0.15) is 5.78 Å². The van der Waals surface area contributed by atoms with Crippen LogP contribution in [0.3, 0.4) is 0 Å². The van der Waals surface area contributed by atoms with E-state index >= 15 is 0 Å². The van der Waals surface area contributed by atoms with Crippen LogP contribution in [-0.4, -0.2) is 18.9 Å². The van der Waals surface area contributed by atoms with Crippen LogP contribution in [0.15, 0.2) is 24.3 Å². The number of hydrogen-bond acceptors (Lipinski definition) is 2. The van der Waals surface area contributed by atoms with E-state index in [4.69, 9.17) is 0 Å². The highest BCUT2D eigenvalue weighted by Crippen LogP contribution is 2.17. The SMILES string of the molecule is CC(C)c1ccc(CC(=O)CC2CCNC2)cc1. The molecule has 18 heavy (non-hydrogen) atoms. The van der Waals surface area contributed by atoms with Crippen LogP contribution in [0.4, 0.5) is 0 Å². The molecule has 1 unspecified atom stereocenters.